The van der Waals surface area contributed by atoms with Gasteiger partial charge in [-0.15, -0.1) is 0 Å². The first kappa shape index (κ1) is 19.5. The zero-order valence-corrected chi connectivity index (χ0v) is 16.1. The van der Waals surface area contributed by atoms with Crippen LogP contribution in [0.1, 0.15) is 52.3 Å². The molecule has 0 aliphatic heterocycles. The monoisotopic (exact) mass is 362 g/mol. The molecule has 4 nitrogen and oxygen atoms in total. The smallest absolute Gasteiger partial charge is 0.223 e. The maximum Gasteiger partial charge on any atom is 0.223 e. The lowest BCUT2D eigenvalue weighted by atomic mass is 10.1. The zero-order chi connectivity index (χ0) is 18.2. The molecule has 1 aromatic carbocycles. The van der Waals surface area contributed by atoms with Gasteiger partial charge in [0.25, 0.3) is 0 Å². The van der Waals surface area contributed by atoms with Crippen LogP contribution in [0.25, 0.3) is 11.3 Å². The molecule has 25 heavy (non-hydrogen) atoms. The lowest BCUT2D eigenvalue weighted by Crippen LogP contribution is -2.39. The Hall–Kier alpha value is -1.81. The van der Waals surface area contributed by atoms with E-state index >= 15 is 0 Å². The van der Waals surface area contributed by atoms with Crippen LogP contribution in [0.5, 0.6) is 0 Å². The molecule has 2 rings (SSSR count). The molecule has 0 aliphatic carbocycles. The number of unbranched alkanes of at least 4 members (excludes halogenated alkanes) is 1. The van der Waals surface area contributed by atoms with Crippen molar-refractivity contribution in [1.82, 2.24) is 9.88 Å². The molecule has 0 aliphatic rings. The molecule has 0 N–H and O–H groups in total. The Morgan fingerprint density at radius 2 is 2.00 bits per heavy atom. The van der Waals surface area contributed by atoms with E-state index in [9.17, 15) is 4.79 Å². The number of halogens is 1. The van der Waals surface area contributed by atoms with Gasteiger partial charge < -0.3 is 9.32 Å². The first-order valence-electron chi connectivity index (χ1n) is 9.05. The minimum Gasteiger partial charge on any atom is -0.441 e. The minimum atomic E-state index is 0.175. The van der Waals surface area contributed by atoms with Gasteiger partial charge in [-0.1, -0.05) is 31.9 Å². The highest BCUT2D eigenvalue weighted by Crippen LogP contribution is 2.23. The Balaban J connectivity index is 1.95. The predicted octanol–water partition coefficient (Wildman–Crippen LogP) is 5.35. The van der Waals surface area contributed by atoms with Gasteiger partial charge in [0.15, 0.2) is 11.7 Å². The fourth-order valence-electron chi connectivity index (χ4n) is 2.67. The molecule has 2 aromatic rings. The summed E-state index contributed by atoms with van der Waals surface area (Å²) < 4.78 is 5.78. The number of hydrogen-bond donors (Lipinski definition) is 0. The number of hydrogen-bond acceptors (Lipinski definition) is 3. The molecule has 0 spiro atoms. The zero-order valence-electron chi connectivity index (χ0n) is 15.3. The van der Waals surface area contributed by atoms with Crippen LogP contribution in [-0.2, 0) is 11.2 Å². The molecule has 0 saturated carbocycles. The molecule has 1 atom stereocenters. The summed E-state index contributed by atoms with van der Waals surface area (Å²) in [7, 11) is 0. The molecule has 0 radical (unpaired) electrons. The van der Waals surface area contributed by atoms with Gasteiger partial charge in [-0.25, -0.2) is 4.98 Å². The number of amides is 1. The SMILES string of the molecule is CCCCN(C(=O)CCc1ncc(-c2ccc(Cl)cc2)o1)C(C)CC. The number of carbonyl (C=O) groups is 1. The van der Waals surface area contributed by atoms with E-state index in [1.165, 1.54) is 0 Å². The van der Waals surface area contributed by atoms with E-state index in [0.717, 1.165) is 31.4 Å². The summed E-state index contributed by atoms with van der Waals surface area (Å²) in [6.45, 7) is 7.19. The van der Waals surface area contributed by atoms with Crippen molar-refractivity contribution in [3.05, 3.63) is 41.4 Å². The molecule has 1 heterocycles. The fourth-order valence-corrected chi connectivity index (χ4v) is 2.80. The molecule has 0 fully saturated rings. The first-order chi connectivity index (χ1) is 12.0. The number of rotatable bonds is 9. The van der Waals surface area contributed by atoms with Crippen molar-refractivity contribution in [1.29, 1.82) is 0 Å². The first-order valence-corrected chi connectivity index (χ1v) is 9.43. The summed E-state index contributed by atoms with van der Waals surface area (Å²) >= 11 is 5.90. The summed E-state index contributed by atoms with van der Waals surface area (Å²) in [6.07, 6.45) is 5.74. The number of oxazole rings is 1. The Labute approximate surface area is 155 Å². The van der Waals surface area contributed by atoms with Gasteiger partial charge in [0.05, 0.1) is 6.20 Å². The van der Waals surface area contributed by atoms with E-state index < -0.39 is 0 Å². The van der Waals surface area contributed by atoms with E-state index in [1.54, 1.807) is 6.20 Å². The Bertz CT molecular complexity index is 667. The van der Waals surface area contributed by atoms with Crippen LogP contribution in [0.4, 0.5) is 0 Å². The molecule has 5 heteroatoms. The normalized spacial score (nSPS) is 12.2. The lowest BCUT2D eigenvalue weighted by molar-refractivity contribution is -0.133. The second-order valence-electron chi connectivity index (χ2n) is 6.32. The van der Waals surface area contributed by atoms with Gasteiger partial charge in [0.1, 0.15) is 0 Å². The Kier molecular flexibility index (Phi) is 7.51. The van der Waals surface area contributed by atoms with E-state index in [1.807, 2.05) is 29.2 Å². The van der Waals surface area contributed by atoms with Crippen LogP contribution in [0.2, 0.25) is 5.02 Å². The standard InChI is InChI=1S/C20H27ClN2O2/c1-4-6-13-23(15(3)5-2)20(24)12-11-19-22-14-18(25-19)16-7-9-17(21)10-8-16/h7-10,14-15H,4-6,11-13H2,1-3H3. The van der Waals surface area contributed by atoms with Crippen molar-refractivity contribution in [2.75, 3.05) is 6.54 Å². The van der Waals surface area contributed by atoms with Crippen LogP contribution in [0.3, 0.4) is 0 Å². The highest BCUT2D eigenvalue weighted by molar-refractivity contribution is 6.30. The predicted molar refractivity (Wildman–Crippen MR) is 102 cm³/mol. The molecule has 1 aromatic heterocycles. The second kappa shape index (κ2) is 9.62. The van der Waals surface area contributed by atoms with Crippen molar-refractivity contribution in [3.63, 3.8) is 0 Å². The molecular formula is C20H27ClN2O2. The topological polar surface area (TPSA) is 46.3 Å². The number of nitrogens with zero attached hydrogens (tertiary/aromatic N) is 2. The number of aromatic nitrogens is 1. The largest absolute Gasteiger partial charge is 0.441 e. The minimum absolute atomic E-state index is 0.175. The maximum absolute atomic E-state index is 12.6. The number of benzene rings is 1. The van der Waals surface area contributed by atoms with Gasteiger partial charge in [-0.05, 0) is 44.0 Å². The lowest BCUT2D eigenvalue weighted by Gasteiger charge is -2.28. The van der Waals surface area contributed by atoms with E-state index in [0.29, 0.717) is 29.5 Å². The van der Waals surface area contributed by atoms with E-state index in [4.69, 9.17) is 16.0 Å². The second-order valence-corrected chi connectivity index (χ2v) is 6.76. The fraction of sp³-hybridized carbons (Fsp3) is 0.500. The highest BCUT2D eigenvalue weighted by Gasteiger charge is 2.19. The van der Waals surface area contributed by atoms with Gasteiger partial charge in [-0.2, -0.15) is 0 Å². The quantitative estimate of drug-likeness (QED) is 0.603. The molecule has 1 unspecified atom stereocenters. The third kappa shape index (κ3) is 5.60. The van der Waals surface area contributed by atoms with Crippen LogP contribution in [0, 0.1) is 0 Å². The van der Waals surface area contributed by atoms with Crippen LogP contribution in [-0.4, -0.2) is 28.4 Å². The molecule has 0 saturated heterocycles. The van der Waals surface area contributed by atoms with Crippen molar-refractivity contribution >= 4 is 17.5 Å². The molecular weight excluding hydrogens is 336 g/mol. The van der Waals surface area contributed by atoms with Gasteiger partial charge in [-0.3, -0.25) is 4.79 Å². The van der Waals surface area contributed by atoms with Crippen molar-refractivity contribution < 1.29 is 9.21 Å². The number of aryl methyl sites for hydroxylation is 1. The Morgan fingerprint density at radius 3 is 2.64 bits per heavy atom. The highest BCUT2D eigenvalue weighted by atomic mass is 35.5. The Morgan fingerprint density at radius 1 is 1.28 bits per heavy atom. The van der Waals surface area contributed by atoms with E-state index in [-0.39, 0.29) is 11.9 Å². The van der Waals surface area contributed by atoms with Crippen LogP contribution in [0.15, 0.2) is 34.9 Å². The summed E-state index contributed by atoms with van der Waals surface area (Å²) in [4.78, 5) is 18.9. The van der Waals surface area contributed by atoms with Crippen LogP contribution >= 0.6 is 11.6 Å². The maximum atomic E-state index is 12.6. The number of carbonyl (C=O) groups excluding carboxylic acids is 1. The van der Waals surface area contributed by atoms with Crippen molar-refractivity contribution in [2.24, 2.45) is 0 Å². The van der Waals surface area contributed by atoms with Crippen LogP contribution < -0.4 is 0 Å². The van der Waals surface area contributed by atoms with Gasteiger partial charge in [0, 0.05) is 36.0 Å². The van der Waals surface area contributed by atoms with Crippen molar-refractivity contribution in [3.8, 4) is 11.3 Å². The average molecular weight is 363 g/mol. The van der Waals surface area contributed by atoms with Gasteiger partial charge >= 0.3 is 0 Å². The average Bonchev–Trinajstić information content (AvgIpc) is 3.09. The summed E-state index contributed by atoms with van der Waals surface area (Å²) in [5.74, 6) is 1.47. The molecule has 1 amide bonds. The van der Waals surface area contributed by atoms with E-state index in [2.05, 4.69) is 25.8 Å². The summed E-state index contributed by atoms with van der Waals surface area (Å²) in [5, 5.41) is 0.686. The van der Waals surface area contributed by atoms with Crippen molar-refractivity contribution in [2.45, 2.75) is 58.9 Å². The third-order valence-corrected chi connectivity index (χ3v) is 4.68. The molecule has 0 bridgehead atoms. The summed E-state index contributed by atoms with van der Waals surface area (Å²) in [5.41, 5.74) is 0.929. The third-order valence-electron chi connectivity index (χ3n) is 4.43. The van der Waals surface area contributed by atoms with Gasteiger partial charge in [0.2, 0.25) is 5.91 Å². The molecule has 136 valence electrons. The summed E-state index contributed by atoms with van der Waals surface area (Å²) in [6, 6.07) is 7.70.